The van der Waals surface area contributed by atoms with Gasteiger partial charge in [-0.15, -0.1) is 0 Å². The Labute approximate surface area is 151 Å². The molecule has 3 aromatic rings. The Balaban J connectivity index is 1.46. The highest BCUT2D eigenvalue weighted by Gasteiger charge is 2.12. The lowest BCUT2D eigenvalue weighted by Gasteiger charge is -2.04. The number of rotatable bonds is 8. The number of furan rings is 1. The number of nitrogens with one attached hydrogen (secondary N) is 2. The van der Waals surface area contributed by atoms with Gasteiger partial charge in [-0.25, -0.2) is 0 Å². The molecule has 26 heavy (non-hydrogen) atoms. The third-order valence-corrected chi connectivity index (χ3v) is 3.80. The molecule has 2 N–H and O–H groups in total. The standard InChI is InChI=1S/C19H21N3O4/c1-13-3-6-16(25-13)11-20-12-17-9-18(22-26-17)19(23)21-10-14-4-7-15(24-2)8-5-14/h3-9,20H,10-12H2,1-2H3,(H,21,23). The van der Waals surface area contributed by atoms with E-state index in [0.717, 1.165) is 22.8 Å². The zero-order valence-electron chi connectivity index (χ0n) is 14.7. The highest BCUT2D eigenvalue weighted by atomic mass is 16.5. The van der Waals surface area contributed by atoms with Gasteiger partial charge in [0.2, 0.25) is 0 Å². The van der Waals surface area contributed by atoms with Crippen LogP contribution in [0.1, 0.15) is 33.3 Å². The van der Waals surface area contributed by atoms with Gasteiger partial charge in [-0.1, -0.05) is 17.3 Å². The molecule has 1 aromatic carbocycles. The number of carbonyl (C=O) groups excluding carboxylic acids is 1. The fourth-order valence-corrected chi connectivity index (χ4v) is 2.41. The van der Waals surface area contributed by atoms with Crippen LogP contribution in [0.15, 0.2) is 51.4 Å². The summed E-state index contributed by atoms with van der Waals surface area (Å²) in [6, 6.07) is 13.0. The van der Waals surface area contributed by atoms with Gasteiger partial charge in [0.1, 0.15) is 17.3 Å². The zero-order valence-corrected chi connectivity index (χ0v) is 14.7. The van der Waals surface area contributed by atoms with Crippen LogP contribution < -0.4 is 15.4 Å². The number of benzene rings is 1. The fourth-order valence-electron chi connectivity index (χ4n) is 2.41. The summed E-state index contributed by atoms with van der Waals surface area (Å²) >= 11 is 0. The second-order valence-corrected chi connectivity index (χ2v) is 5.83. The van der Waals surface area contributed by atoms with Crippen LogP contribution in [0.3, 0.4) is 0 Å². The SMILES string of the molecule is COc1ccc(CNC(=O)c2cc(CNCc3ccc(C)o3)on2)cc1. The van der Waals surface area contributed by atoms with Gasteiger partial charge >= 0.3 is 0 Å². The molecule has 0 aliphatic heterocycles. The van der Waals surface area contributed by atoms with E-state index in [-0.39, 0.29) is 11.6 Å². The van der Waals surface area contributed by atoms with Gasteiger partial charge in [0, 0.05) is 12.6 Å². The second kappa shape index (κ2) is 8.35. The van der Waals surface area contributed by atoms with Gasteiger partial charge in [0.05, 0.1) is 20.2 Å². The highest BCUT2D eigenvalue weighted by molar-refractivity contribution is 5.92. The molecule has 0 bridgehead atoms. The summed E-state index contributed by atoms with van der Waals surface area (Å²) in [5.41, 5.74) is 1.22. The van der Waals surface area contributed by atoms with Crippen molar-refractivity contribution in [2.75, 3.05) is 7.11 Å². The number of methoxy groups -OCH3 is 1. The van der Waals surface area contributed by atoms with Crippen LogP contribution in [0.5, 0.6) is 5.75 Å². The number of carbonyl (C=O) groups is 1. The van der Waals surface area contributed by atoms with E-state index in [2.05, 4.69) is 15.8 Å². The predicted molar refractivity (Wildman–Crippen MR) is 94.7 cm³/mol. The lowest BCUT2D eigenvalue weighted by molar-refractivity contribution is 0.0941. The summed E-state index contributed by atoms with van der Waals surface area (Å²) in [5, 5.41) is 9.81. The van der Waals surface area contributed by atoms with Crippen molar-refractivity contribution in [3.8, 4) is 5.75 Å². The Kier molecular flexibility index (Phi) is 5.70. The van der Waals surface area contributed by atoms with Gasteiger partial charge in [0.15, 0.2) is 11.5 Å². The maximum absolute atomic E-state index is 12.2. The minimum atomic E-state index is -0.280. The van der Waals surface area contributed by atoms with E-state index in [9.17, 15) is 4.79 Å². The van der Waals surface area contributed by atoms with E-state index in [4.69, 9.17) is 13.7 Å². The first-order valence-corrected chi connectivity index (χ1v) is 8.27. The molecule has 0 atom stereocenters. The Morgan fingerprint density at radius 2 is 1.85 bits per heavy atom. The molecule has 0 aliphatic rings. The lowest BCUT2D eigenvalue weighted by Crippen LogP contribution is -2.23. The van der Waals surface area contributed by atoms with Crippen molar-refractivity contribution in [2.45, 2.75) is 26.6 Å². The van der Waals surface area contributed by atoms with Crippen LogP contribution in [-0.4, -0.2) is 18.2 Å². The Hall–Kier alpha value is -3.06. The molecule has 0 aliphatic carbocycles. The van der Waals surface area contributed by atoms with Gasteiger partial charge in [0.25, 0.3) is 5.91 Å². The van der Waals surface area contributed by atoms with Crippen molar-refractivity contribution in [1.82, 2.24) is 15.8 Å². The first-order valence-electron chi connectivity index (χ1n) is 8.27. The summed E-state index contributed by atoms with van der Waals surface area (Å²) in [5.74, 6) is 2.80. The molecule has 0 unspecified atom stereocenters. The molecule has 7 nitrogen and oxygen atoms in total. The Morgan fingerprint density at radius 1 is 1.08 bits per heavy atom. The molecule has 2 aromatic heterocycles. The van der Waals surface area contributed by atoms with E-state index in [1.165, 1.54) is 0 Å². The third kappa shape index (κ3) is 4.73. The average molecular weight is 355 g/mol. The average Bonchev–Trinajstić information content (AvgIpc) is 3.29. The highest BCUT2D eigenvalue weighted by Crippen LogP contribution is 2.11. The minimum absolute atomic E-state index is 0.254. The molecule has 1 amide bonds. The maximum Gasteiger partial charge on any atom is 0.273 e. The van der Waals surface area contributed by atoms with Gasteiger partial charge in [-0.3, -0.25) is 4.79 Å². The topological polar surface area (TPSA) is 89.5 Å². The number of amides is 1. The van der Waals surface area contributed by atoms with Crippen molar-refractivity contribution >= 4 is 5.91 Å². The number of nitrogens with zero attached hydrogens (tertiary/aromatic N) is 1. The van der Waals surface area contributed by atoms with E-state index >= 15 is 0 Å². The second-order valence-electron chi connectivity index (χ2n) is 5.83. The molecule has 0 saturated heterocycles. The van der Waals surface area contributed by atoms with Crippen LogP contribution in [0.2, 0.25) is 0 Å². The van der Waals surface area contributed by atoms with Crippen molar-refractivity contribution < 1.29 is 18.5 Å². The number of hydrogen-bond acceptors (Lipinski definition) is 6. The summed E-state index contributed by atoms with van der Waals surface area (Å²) in [7, 11) is 1.61. The lowest BCUT2D eigenvalue weighted by atomic mass is 10.2. The van der Waals surface area contributed by atoms with E-state index in [1.54, 1.807) is 13.2 Å². The number of ether oxygens (including phenoxy) is 1. The summed E-state index contributed by atoms with van der Waals surface area (Å²) in [6.07, 6.45) is 0. The van der Waals surface area contributed by atoms with Gasteiger partial charge in [-0.05, 0) is 36.8 Å². The van der Waals surface area contributed by atoms with Crippen molar-refractivity contribution in [3.05, 3.63) is 71.0 Å². The first kappa shape index (κ1) is 17.8. The van der Waals surface area contributed by atoms with E-state index in [0.29, 0.717) is 25.4 Å². The van der Waals surface area contributed by atoms with Crippen LogP contribution in [0.4, 0.5) is 0 Å². The molecule has 136 valence electrons. The molecule has 0 fully saturated rings. The predicted octanol–water partition coefficient (Wildman–Crippen LogP) is 2.80. The van der Waals surface area contributed by atoms with Crippen LogP contribution >= 0.6 is 0 Å². The van der Waals surface area contributed by atoms with Gasteiger partial charge < -0.3 is 24.3 Å². The number of aryl methyl sites for hydroxylation is 1. The van der Waals surface area contributed by atoms with Crippen molar-refractivity contribution in [3.63, 3.8) is 0 Å². The smallest absolute Gasteiger partial charge is 0.273 e. The largest absolute Gasteiger partial charge is 0.497 e. The quantitative estimate of drug-likeness (QED) is 0.646. The molecular formula is C19H21N3O4. The van der Waals surface area contributed by atoms with E-state index < -0.39 is 0 Å². The van der Waals surface area contributed by atoms with Crippen LogP contribution in [-0.2, 0) is 19.6 Å². The molecule has 0 saturated carbocycles. The van der Waals surface area contributed by atoms with Crippen LogP contribution in [0, 0.1) is 6.92 Å². The summed E-state index contributed by atoms with van der Waals surface area (Å²) in [6.45, 7) is 3.34. The van der Waals surface area contributed by atoms with Crippen molar-refractivity contribution in [1.29, 1.82) is 0 Å². The summed E-state index contributed by atoms with van der Waals surface area (Å²) < 4.78 is 15.8. The van der Waals surface area contributed by atoms with E-state index in [1.807, 2.05) is 43.3 Å². The van der Waals surface area contributed by atoms with Gasteiger partial charge in [-0.2, -0.15) is 0 Å². The summed E-state index contributed by atoms with van der Waals surface area (Å²) in [4.78, 5) is 12.2. The molecule has 2 heterocycles. The minimum Gasteiger partial charge on any atom is -0.497 e. The third-order valence-electron chi connectivity index (χ3n) is 3.80. The maximum atomic E-state index is 12.2. The first-order chi connectivity index (χ1) is 12.6. The zero-order chi connectivity index (χ0) is 18.4. The normalized spacial score (nSPS) is 10.7. The number of hydrogen-bond donors (Lipinski definition) is 2. The van der Waals surface area contributed by atoms with Crippen LogP contribution in [0.25, 0.3) is 0 Å². The molecule has 0 spiro atoms. The number of aromatic nitrogens is 1. The molecular weight excluding hydrogens is 334 g/mol. The monoisotopic (exact) mass is 355 g/mol. The Bertz CT molecular complexity index is 852. The Morgan fingerprint density at radius 3 is 2.54 bits per heavy atom. The molecule has 7 heteroatoms. The molecule has 3 rings (SSSR count). The van der Waals surface area contributed by atoms with Crippen molar-refractivity contribution in [2.24, 2.45) is 0 Å². The molecule has 0 radical (unpaired) electrons. The fraction of sp³-hybridized carbons (Fsp3) is 0.263.